The summed E-state index contributed by atoms with van der Waals surface area (Å²) >= 11 is 0. The fraction of sp³-hybridized carbons (Fsp3) is 0.400. The minimum atomic E-state index is -0.239. The average Bonchev–Trinajstić information content (AvgIpc) is 2.83. The van der Waals surface area contributed by atoms with E-state index in [1.807, 2.05) is 46.0 Å². The summed E-state index contributed by atoms with van der Waals surface area (Å²) in [6.07, 6.45) is 3.11. The molecular weight excluding hydrogens is 240 g/mol. The van der Waals surface area contributed by atoms with Gasteiger partial charge in [-0.3, -0.25) is 4.79 Å². The summed E-state index contributed by atoms with van der Waals surface area (Å²) in [5.41, 5.74) is 1.09. The third-order valence-electron chi connectivity index (χ3n) is 3.80. The van der Waals surface area contributed by atoms with Crippen molar-refractivity contribution < 1.29 is 9.90 Å². The number of aliphatic hydroxyl groups excluding tert-OH is 1. The molecule has 1 fully saturated rings. The fourth-order valence-corrected chi connectivity index (χ4v) is 2.64. The molecule has 1 aliphatic rings. The molecule has 1 saturated heterocycles. The number of aromatic nitrogens is 1. The van der Waals surface area contributed by atoms with Gasteiger partial charge in [-0.25, -0.2) is 0 Å². The Morgan fingerprint density at radius 2 is 1.95 bits per heavy atom. The number of aliphatic hydroxyl groups is 1. The van der Waals surface area contributed by atoms with E-state index in [9.17, 15) is 9.90 Å². The second kappa shape index (κ2) is 5.05. The lowest BCUT2D eigenvalue weighted by molar-refractivity contribution is -0.133. The van der Waals surface area contributed by atoms with Crippen LogP contribution in [0.25, 0.3) is 10.9 Å². The van der Waals surface area contributed by atoms with Gasteiger partial charge in [-0.05, 0) is 30.4 Å². The van der Waals surface area contributed by atoms with Gasteiger partial charge < -0.3 is 14.6 Å². The summed E-state index contributed by atoms with van der Waals surface area (Å²) in [4.78, 5) is 14.1. The highest BCUT2D eigenvalue weighted by Crippen LogP contribution is 2.16. The van der Waals surface area contributed by atoms with Crippen molar-refractivity contribution in [2.24, 2.45) is 0 Å². The Bertz CT molecular complexity index is 583. The Morgan fingerprint density at radius 1 is 1.21 bits per heavy atom. The molecule has 1 aromatic carbocycles. The number of piperidine rings is 1. The lowest BCUT2D eigenvalue weighted by atomic mass is 10.1. The highest BCUT2D eigenvalue weighted by molar-refractivity contribution is 5.83. The topological polar surface area (TPSA) is 45.5 Å². The lowest BCUT2D eigenvalue weighted by Crippen LogP contribution is -2.41. The predicted molar refractivity (Wildman–Crippen MR) is 73.8 cm³/mol. The second-order valence-corrected chi connectivity index (χ2v) is 5.11. The van der Waals surface area contributed by atoms with Crippen molar-refractivity contribution in [2.75, 3.05) is 13.1 Å². The van der Waals surface area contributed by atoms with Crippen LogP contribution >= 0.6 is 0 Å². The minimum absolute atomic E-state index is 0.133. The van der Waals surface area contributed by atoms with Crippen LogP contribution in [-0.4, -0.2) is 39.7 Å². The van der Waals surface area contributed by atoms with Crippen molar-refractivity contribution in [2.45, 2.75) is 25.5 Å². The zero-order valence-corrected chi connectivity index (χ0v) is 10.8. The van der Waals surface area contributed by atoms with E-state index in [1.54, 1.807) is 0 Å². The highest BCUT2D eigenvalue weighted by atomic mass is 16.3. The van der Waals surface area contributed by atoms with E-state index in [1.165, 1.54) is 0 Å². The number of hydrogen-bond donors (Lipinski definition) is 1. The maximum atomic E-state index is 12.2. The molecule has 4 heteroatoms. The van der Waals surface area contributed by atoms with Gasteiger partial charge in [0.25, 0.3) is 0 Å². The van der Waals surface area contributed by atoms with Crippen LogP contribution in [0.5, 0.6) is 0 Å². The number of hydrogen-bond acceptors (Lipinski definition) is 2. The Morgan fingerprint density at radius 3 is 2.74 bits per heavy atom. The smallest absolute Gasteiger partial charge is 0.242 e. The zero-order chi connectivity index (χ0) is 13.2. The fourth-order valence-electron chi connectivity index (χ4n) is 2.64. The standard InChI is InChI=1S/C15H18N2O2/c18-13-6-9-16(10-7-13)15(19)11-17-8-5-12-3-1-2-4-14(12)17/h1-5,8,13,18H,6-7,9-11H2. The molecule has 2 aromatic rings. The largest absolute Gasteiger partial charge is 0.393 e. The van der Waals surface area contributed by atoms with Crippen LogP contribution in [0.4, 0.5) is 0 Å². The summed E-state index contributed by atoms with van der Waals surface area (Å²) in [6.45, 7) is 1.71. The number of nitrogens with zero attached hydrogens (tertiary/aromatic N) is 2. The molecule has 0 unspecified atom stereocenters. The number of para-hydroxylation sites is 1. The zero-order valence-electron chi connectivity index (χ0n) is 10.8. The first-order chi connectivity index (χ1) is 9.24. The van der Waals surface area contributed by atoms with E-state index in [4.69, 9.17) is 0 Å². The minimum Gasteiger partial charge on any atom is -0.393 e. The molecule has 0 aliphatic carbocycles. The van der Waals surface area contributed by atoms with Crippen LogP contribution in [0.1, 0.15) is 12.8 Å². The predicted octanol–water partition coefficient (Wildman–Crippen LogP) is 1.62. The molecule has 0 atom stereocenters. The Balaban J connectivity index is 1.72. The Labute approximate surface area is 112 Å². The normalized spacial score (nSPS) is 17.0. The number of benzene rings is 1. The molecule has 3 rings (SSSR count). The molecule has 1 N–H and O–H groups in total. The van der Waals surface area contributed by atoms with Gasteiger partial charge in [-0.15, -0.1) is 0 Å². The van der Waals surface area contributed by atoms with Crippen molar-refractivity contribution in [3.05, 3.63) is 36.5 Å². The van der Waals surface area contributed by atoms with E-state index < -0.39 is 0 Å². The summed E-state index contributed by atoms with van der Waals surface area (Å²) in [6, 6.07) is 10.1. The molecule has 1 aromatic heterocycles. The summed E-state index contributed by atoms with van der Waals surface area (Å²) in [5, 5.41) is 10.6. The molecular formula is C15H18N2O2. The third kappa shape index (κ3) is 2.49. The first-order valence-electron chi connectivity index (χ1n) is 6.74. The van der Waals surface area contributed by atoms with Crippen molar-refractivity contribution in [3.8, 4) is 0 Å². The number of likely N-dealkylation sites (tertiary alicyclic amines) is 1. The Kier molecular flexibility index (Phi) is 3.25. The van der Waals surface area contributed by atoms with E-state index in [0.29, 0.717) is 32.5 Å². The maximum Gasteiger partial charge on any atom is 0.242 e. The molecule has 19 heavy (non-hydrogen) atoms. The van der Waals surface area contributed by atoms with Crippen LogP contribution in [0.3, 0.4) is 0 Å². The summed E-state index contributed by atoms with van der Waals surface area (Å²) < 4.78 is 1.99. The third-order valence-corrected chi connectivity index (χ3v) is 3.80. The number of carbonyl (C=O) groups is 1. The van der Waals surface area contributed by atoms with Gasteiger partial charge >= 0.3 is 0 Å². The van der Waals surface area contributed by atoms with Gasteiger partial charge in [0.05, 0.1) is 6.10 Å². The summed E-state index contributed by atoms with van der Waals surface area (Å²) in [5.74, 6) is 0.133. The first kappa shape index (κ1) is 12.2. The second-order valence-electron chi connectivity index (χ2n) is 5.11. The molecule has 4 nitrogen and oxygen atoms in total. The lowest BCUT2D eigenvalue weighted by Gasteiger charge is -2.29. The van der Waals surface area contributed by atoms with E-state index >= 15 is 0 Å². The Hall–Kier alpha value is -1.81. The number of rotatable bonds is 2. The van der Waals surface area contributed by atoms with E-state index in [-0.39, 0.29) is 12.0 Å². The maximum absolute atomic E-state index is 12.2. The monoisotopic (exact) mass is 258 g/mol. The van der Waals surface area contributed by atoms with Crippen LogP contribution in [0.15, 0.2) is 36.5 Å². The average molecular weight is 258 g/mol. The molecule has 0 saturated carbocycles. The molecule has 1 aliphatic heterocycles. The first-order valence-corrected chi connectivity index (χ1v) is 6.74. The van der Waals surface area contributed by atoms with Gasteiger partial charge in [-0.1, -0.05) is 18.2 Å². The van der Waals surface area contributed by atoms with Crippen LogP contribution < -0.4 is 0 Å². The number of fused-ring (bicyclic) bond motifs is 1. The SMILES string of the molecule is O=C(Cn1ccc2ccccc21)N1CCC(O)CC1. The van der Waals surface area contributed by atoms with Gasteiger partial charge in [-0.2, -0.15) is 0 Å². The molecule has 0 radical (unpaired) electrons. The number of carbonyl (C=O) groups excluding carboxylic acids is 1. The summed E-state index contributed by atoms with van der Waals surface area (Å²) in [7, 11) is 0. The van der Waals surface area contributed by atoms with Gasteiger partial charge in [0.1, 0.15) is 6.54 Å². The van der Waals surface area contributed by atoms with Crippen molar-refractivity contribution in [1.82, 2.24) is 9.47 Å². The molecule has 0 spiro atoms. The van der Waals surface area contributed by atoms with E-state index in [2.05, 4.69) is 0 Å². The molecule has 100 valence electrons. The quantitative estimate of drug-likeness (QED) is 0.889. The van der Waals surface area contributed by atoms with Gasteiger partial charge in [0.2, 0.25) is 5.91 Å². The van der Waals surface area contributed by atoms with Crippen LogP contribution in [-0.2, 0) is 11.3 Å². The van der Waals surface area contributed by atoms with Crippen LogP contribution in [0, 0.1) is 0 Å². The van der Waals surface area contributed by atoms with Crippen molar-refractivity contribution in [1.29, 1.82) is 0 Å². The van der Waals surface area contributed by atoms with Crippen molar-refractivity contribution in [3.63, 3.8) is 0 Å². The van der Waals surface area contributed by atoms with Gasteiger partial charge in [0.15, 0.2) is 0 Å². The van der Waals surface area contributed by atoms with E-state index in [0.717, 1.165) is 10.9 Å². The molecule has 0 bridgehead atoms. The van der Waals surface area contributed by atoms with Gasteiger partial charge in [0, 0.05) is 24.8 Å². The van der Waals surface area contributed by atoms with Crippen molar-refractivity contribution >= 4 is 16.8 Å². The highest BCUT2D eigenvalue weighted by Gasteiger charge is 2.21. The number of amides is 1. The van der Waals surface area contributed by atoms with Crippen LogP contribution in [0.2, 0.25) is 0 Å². The molecule has 2 heterocycles. The molecule has 1 amide bonds.